The number of nitrogens with zero attached hydrogens (tertiary/aromatic N) is 4. The van der Waals surface area contributed by atoms with Gasteiger partial charge in [0, 0.05) is 23.5 Å². The fourth-order valence-corrected chi connectivity index (χ4v) is 4.85. The Labute approximate surface area is 165 Å². The highest BCUT2D eigenvalue weighted by Crippen LogP contribution is 2.32. The summed E-state index contributed by atoms with van der Waals surface area (Å²) in [6.07, 6.45) is 0. The van der Waals surface area contributed by atoms with Gasteiger partial charge in [0.25, 0.3) is 5.91 Å². The van der Waals surface area contributed by atoms with E-state index in [0.717, 1.165) is 26.6 Å². The minimum atomic E-state index is -0.0653. The molecule has 0 N–H and O–H groups in total. The van der Waals surface area contributed by atoms with Gasteiger partial charge < -0.3 is 4.90 Å². The molecule has 5 nitrogen and oxygen atoms in total. The second-order valence-electron chi connectivity index (χ2n) is 6.40. The van der Waals surface area contributed by atoms with E-state index in [9.17, 15) is 4.79 Å². The molecule has 7 heteroatoms. The van der Waals surface area contributed by atoms with E-state index in [1.54, 1.807) is 22.7 Å². The van der Waals surface area contributed by atoms with Crippen LogP contribution in [-0.2, 0) is 4.79 Å². The van der Waals surface area contributed by atoms with Crippen molar-refractivity contribution < 1.29 is 4.79 Å². The number of amides is 1. The number of anilines is 1. The number of thiazole rings is 1. The van der Waals surface area contributed by atoms with Crippen LogP contribution in [0, 0.1) is 0 Å². The van der Waals surface area contributed by atoms with Gasteiger partial charge in [-0.3, -0.25) is 9.79 Å². The van der Waals surface area contributed by atoms with Gasteiger partial charge in [-0.2, -0.15) is 5.10 Å². The van der Waals surface area contributed by atoms with E-state index in [0.29, 0.717) is 12.3 Å². The molecule has 1 aliphatic heterocycles. The Kier molecular flexibility index (Phi) is 4.80. The molecule has 0 bridgehead atoms. The SMILES string of the molecule is CCN=c1scc(-c2cccs2)n1N=C1C(=O)N(C(C)C)c2ccccc21. The maximum Gasteiger partial charge on any atom is 0.279 e. The summed E-state index contributed by atoms with van der Waals surface area (Å²) in [7, 11) is 0. The van der Waals surface area contributed by atoms with Crippen LogP contribution < -0.4 is 9.70 Å². The molecule has 3 heterocycles. The predicted octanol–water partition coefficient (Wildman–Crippen LogP) is 4.21. The predicted molar refractivity (Wildman–Crippen MR) is 113 cm³/mol. The Morgan fingerprint density at radius 2 is 1.93 bits per heavy atom. The van der Waals surface area contributed by atoms with Crippen molar-refractivity contribution in [1.29, 1.82) is 0 Å². The van der Waals surface area contributed by atoms with Gasteiger partial charge in [-0.25, -0.2) is 4.68 Å². The number of hydrogen-bond donors (Lipinski definition) is 0. The van der Waals surface area contributed by atoms with Gasteiger partial charge in [0.15, 0.2) is 5.71 Å². The number of aromatic nitrogens is 1. The summed E-state index contributed by atoms with van der Waals surface area (Å²) in [6, 6.07) is 12.0. The molecule has 0 aliphatic carbocycles. The number of rotatable bonds is 4. The van der Waals surface area contributed by atoms with Gasteiger partial charge in [-0.15, -0.1) is 22.7 Å². The van der Waals surface area contributed by atoms with Crippen LogP contribution >= 0.6 is 22.7 Å². The first-order valence-electron chi connectivity index (χ1n) is 8.88. The molecule has 4 rings (SSSR count). The number of hydrogen-bond acceptors (Lipinski definition) is 5. The van der Waals surface area contributed by atoms with E-state index in [1.165, 1.54) is 0 Å². The van der Waals surface area contributed by atoms with E-state index in [4.69, 9.17) is 5.10 Å². The van der Waals surface area contributed by atoms with E-state index in [1.807, 2.05) is 66.1 Å². The summed E-state index contributed by atoms with van der Waals surface area (Å²) in [5.41, 5.74) is 3.21. The lowest BCUT2D eigenvalue weighted by molar-refractivity contribution is -0.112. The fraction of sp³-hybridized carbons (Fsp3) is 0.250. The summed E-state index contributed by atoms with van der Waals surface area (Å²) >= 11 is 3.19. The maximum absolute atomic E-state index is 13.2. The summed E-state index contributed by atoms with van der Waals surface area (Å²) in [5.74, 6) is -0.0653. The number of thiophene rings is 1. The molecule has 0 saturated carbocycles. The van der Waals surface area contributed by atoms with Crippen LogP contribution in [0.4, 0.5) is 5.69 Å². The van der Waals surface area contributed by atoms with Crippen LogP contribution in [-0.4, -0.2) is 28.9 Å². The Morgan fingerprint density at radius 1 is 1.11 bits per heavy atom. The molecule has 3 aromatic rings. The third-order valence-electron chi connectivity index (χ3n) is 4.31. The van der Waals surface area contributed by atoms with Crippen LogP contribution in [0.25, 0.3) is 10.6 Å². The molecule has 0 radical (unpaired) electrons. The number of carbonyl (C=O) groups excluding carboxylic acids is 1. The van der Waals surface area contributed by atoms with Crippen molar-refractivity contribution in [2.24, 2.45) is 10.1 Å². The highest BCUT2D eigenvalue weighted by molar-refractivity contribution is 7.14. The number of para-hydroxylation sites is 1. The first kappa shape index (κ1) is 17.9. The van der Waals surface area contributed by atoms with Crippen molar-refractivity contribution >= 4 is 40.0 Å². The van der Waals surface area contributed by atoms with Crippen molar-refractivity contribution in [3.05, 3.63) is 57.5 Å². The summed E-state index contributed by atoms with van der Waals surface area (Å²) in [6.45, 7) is 6.70. The standard InChI is InChI=1S/C20H20N4OS2/c1-4-21-20-24(16(12-27-20)17-10-7-11-26-17)22-18-14-8-5-6-9-15(14)23(13(2)3)19(18)25/h5-13H,4H2,1-3H3. The zero-order chi connectivity index (χ0) is 19.0. The monoisotopic (exact) mass is 396 g/mol. The minimum absolute atomic E-state index is 0.0652. The quantitative estimate of drug-likeness (QED) is 0.652. The van der Waals surface area contributed by atoms with Crippen LogP contribution in [0.2, 0.25) is 0 Å². The van der Waals surface area contributed by atoms with Crippen molar-refractivity contribution in [1.82, 2.24) is 4.68 Å². The second-order valence-corrected chi connectivity index (χ2v) is 8.19. The molecule has 0 saturated heterocycles. The number of benzene rings is 1. The normalized spacial score (nSPS) is 16.0. The largest absolute Gasteiger partial charge is 0.304 e. The Bertz CT molecular complexity index is 1070. The molecule has 0 unspecified atom stereocenters. The van der Waals surface area contributed by atoms with Crippen molar-refractivity contribution in [3.63, 3.8) is 0 Å². The average Bonchev–Trinajstić information content (AvgIpc) is 3.35. The lowest BCUT2D eigenvalue weighted by Gasteiger charge is -2.20. The summed E-state index contributed by atoms with van der Waals surface area (Å²) < 4.78 is 1.81. The first-order chi connectivity index (χ1) is 13.1. The lowest BCUT2D eigenvalue weighted by atomic mass is 10.1. The van der Waals surface area contributed by atoms with Gasteiger partial charge in [0.1, 0.15) is 0 Å². The van der Waals surface area contributed by atoms with Crippen molar-refractivity contribution in [2.75, 3.05) is 11.4 Å². The van der Waals surface area contributed by atoms with E-state index < -0.39 is 0 Å². The van der Waals surface area contributed by atoms with Gasteiger partial charge >= 0.3 is 0 Å². The first-order valence-corrected chi connectivity index (χ1v) is 10.6. The third kappa shape index (κ3) is 3.07. The van der Waals surface area contributed by atoms with Crippen LogP contribution in [0.15, 0.2) is 57.3 Å². The summed E-state index contributed by atoms with van der Waals surface area (Å²) in [5, 5.41) is 8.90. The summed E-state index contributed by atoms with van der Waals surface area (Å²) in [4.78, 5) is 21.4. The topological polar surface area (TPSA) is 50.0 Å². The molecule has 0 fully saturated rings. The third-order valence-corrected chi connectivity index (χ3v) is 6.06. The minimum Gasteiger partial charge on any atom is -0.304 e. The van der Waals surface area contributed by atoms with Gasteiger partial charge in [0.2, 0.25) is 4.80 Å². The lowest BCUT2D eigenvalue weighted by Crippen LogP contribution is -2.36. The van der Waals surface area contributed by atoms with E-state index in [2.05, 4.69) is 16.4 Å². The number of fused-ring (bicyclic) bond motifs is 1. The Balaban J connectivity index is 1.93. The highest BCUT2D eigenvalue weighted by atomic mass is 32.1. The fourth-order valence-electron chi connectivity index (χ4n) is 3.17. The van der Waals surface area contributed by atoms with Crippen molar-refractivity contribution in [2.45, 2.75) is 26.8 Å². The smallest absolute Gasteiger partial charge is 0.279 e. The zero-order valence-electron chi connectivity index (χ0n) is 15.4. The number of carbonyl (C=O) groups is 1. The molecule has 1 aliphatic rings. The highest BCUT2D eigenvalue weighted by Gasteiger charge is 2.35. The van der Waals surface area contributed by atoms with Gasteiger partial charge in [-0.05, 0) is 38.3 Å². The van der Waals surface area contributed by atoms with Crippen LogP contribution in [0.3, 0.4) is 0 Å². The molecule has 27 heavy (non-hydrogen) atoms. The molecular formula is C20H20N4OS2. The van der Waals surface area contributed by atoms with Crippen molar-refractivity contribution in [3.8, 4) is 10.6 Å². The molecule has 1 amide bonds. The van der Waals surface area contributed by atoms with Crippen LogP contribution in [0.5, 0.6) is 0 Å². The Morgan fingerprint density at radius 3 is 2.63 bits per heavy atom. The maximum atomic E-state index is 13.2. The second kappa shape index (κ2) is 7.25. The molecular weight excluding hydrogens is 376 g/mol. The molecule has 0 atom stereocenters. The van der Waals surface area contributed by atoms with E-state index in [-0.39, 0.29) is 11.9 Å². The van der Waals surface area contributed by atoms with E-state index >= 15 is 0 Å². The Hall–Kier alpha value is -2.51. The van der Waals surface area contributed by atoms with Gasteiger partial charge in [-0.1, -0.05) is 24.3 Å². The zero-order valence-corrected chi connectivity index (χ0v) is 17.0. The molecule has 0 spiro atoms. The molecule has 1 aromatic carbocycles. The molecule has 2 aromatic heterocycles. The van der Waals surface area contributed by atoms with Crippen LogP contribution in [0.1, 0.15) is 26.3 Å². The van der Waals surface area contributed by atoms with Gasteiger partial charge in [0.05, 0.1) is 16.3 Å². The average molecular weight is 397 g/mol. The molecule has 138 valence electrons.